The number of aliphatic hydroxyl groups is 1. The molecule has 0 saturated carbocycles. The minimum absolute atomic E-state index is 0.0432. The summed E-state index contributed by atoms with van der Waals surface area (Å²) in [5.74, 6) is 0.0602. The van der Waals surface area contributed by atoms with Crippen LogP contribution in [-0.4, -0.2) is 68.6 Å². The molecule has 0 aliphatic rings. The number of ether oxygens (including phenoxy) is 3. The molecule has 226 valence electrons. The summed E-state index contributed by atoms with van der Waals surface area (Å²) in [6.07, 6.45) is -0.523. The number of nitrogens with zero attached hydrogens (tertiary/aromatic N) is 1. The lowest BCUT2D eigenvalue weighted by Gasteiger charge is -2.29. The predicted molar refractivity (Wildman–Crippen MR) is 160 cm³/mol. The summed E-state index contributed by atoms with van der Waals surface area (Å²) in [5.41, 5.74) is 1.69. The van der Waals surface area contributed by atoms with E-state index in [9.17, 15) is 23.1 Å². The molecule has 11 heteroatoms. The molecule has 2 amide bonds. The van der Waals surface area contributed by atoms with Crippen LogP contribution in [0.4, 0.5) is 4.79 Å². The van der Waals surface area contributed by atoms with Crippen LogP contribution < -0.4 is 14.2 Å². The van der Waals surface area contributed by atoms with Crippen molar-refractivity contribution in [3.63, 3.8) is 0 Å². The van der Waals surface area contributed by atoms with Gasteiger partial charge in [0, 0.05) is 0 Å². The number of sulfonamides is 1. The highest BCUT2D eigenvalue weighted by molar-refractivity contribution is 7.89. The van der Waals surface area contributed by atoms with Crippen molar-refractivity contribution in [1.29, 1.82) is 0 Å². The molecule has 0 heterocycles. The lowest BCUT2D eigenvalue weighted by atomic mass is 10.0. The summed E-state index contributed by atoms with van der Waals surface area (Å²) in [6, 6.07) is 21.2. The lowest BCUT2D eigenvalue weighted by Crippen LogP contribution is -2.41. The lowest BCUT2D eigenvalue weighted by molar-refractivity contribution is 0.0117. The van der Waals surface area contributed by atoms with E-state index < -0.39 is 33.7 Å². The molecule has 10 nitrogen and oxygen atoms in total. The normalized spacial score (nSPS) is 12.2. The van der Waals surface area contributed by atoms with Gasteiger partial charge in [-0.3, -0.25) is 4.79 Å². The SMILES string of the molecule is CCOc1cc(-c2ccc(OCCN(C[C@H](O)c3ccccc3)C(=O)OC(C)(C)C)cc2)ccc1C(=O)NS(C)(=O)=O. The highest BCUT2D eigenvalue weighted by Crippen LogP contribution is 2.29. The predicted octanol–water partition coefficient (Wildman–Crippen LogP) is 4.79. The van der Waals surface area contributed by atoms with Crippen LogP contribution in [0, 0.1) is 0 Å². The highest BCUT2D eigenvalue weighted by Gasteiger charge is 2.25. The van der Waals surface area contributed by atoms with Gasteiger partial charge < -0.3 is 24.2 Å². The summed E-state index contributed by atoms with van der Waals surface area (Å²) in [5, 5.41) is 10.7. The number of aliphatic hydroxyl groups excluding tert-OH is 1. The molecule has 3 aromatic rings. The van der Waals surface area contributed by atoms with E-state index in [-0.39, 0.29) is 37.6 Å². The van der Waals surface area contributed by atoms with Crippen LogP contribution in [0.25, 0.3) is 11.1 Å². The Balaban J connectivity index is 1.68. The van der Waals surface area contributed by atoms with Crippen molar-refractivity contribution in [3.05, 3.63) is 83.9 Å². The topological polar surface area (TPSA) is 131 Å². The van der Waals surface area contributed by atoms with Gasteiger partial charge in [0.25, 0.3) is 5.91 Å². The maximum Gasteiger partial charge on any atom is 0.410 e. The minimum atomic E-state index is -3.73. The van der Waals surface area contributed by atoms with Crippen molar-refractivity contribution >= 4 is 22.0 Å². The van der Waals surface area contributed by atoms with Gasteiger partial charge >= 0.3 is 6.09 Å². The quantitative estimate of drug-likeness (QED) is 0.304. The van der Waals surface area contributed by atoms with Crippen LogP contribution in [0.1, 0.15) is 49.7 Å². The molecule has 42 heavy (non-hydrogen) atoms. The average Bonchev–Trinajstić information content (AvgIpc) is 2.91. The van der Waals surface area contributed by atoms with Crippen molar-refractivity contribution in [2.45, 2.75) is 39.4 Å². The van der Waals surface area contributed by atoms with E-state index in [2.05, 4.69) is 0 Å². The van der Waals surface area contributed by atoms with Crippen molar-refractivity contribution < 1.29 is 37.3 Å². The van der Waals surface area contributed by atoms with Gasteiger partial charge in [0.2, 0.25) is 10.0 Å². The van der Waals surface area contributed by atoms with E-state index in [0.29, 0.717) is 11.3 Å². The third-order valence-corrected chi connectivity index (χ3v) is 6.41. The molecule has 0 saturated heterocycles. The molecule has 0 bridgehead atoms. The second kappa shape index (κ2) is 14.2. The Labute approximate surface area is 247 Å². The van der Waals surface area contributed by atoms with Gasteiger partial charge in [-0.1, -0.05) is 48.5 Å². The van der Waals surface area contributed by atoms with Crippen LogP contribution in [-0.2, 0) is 14.8 Å². The zero-order valence-electron chi connectivity index (χ0n) is 24.5. The first-order chi connectivity index (χ1) is 19.8. The van der Waals surface area contributed by atoms with Crippen molar-refractivity contribution in [2.75, 3.05) is 32.6 Å². The zero-order valence-corrected chi connectivity index (χ0v) is 25.3. The van der Waals surface area contributed by atoms with Crippen LogP contribution in [0.2, 0.25) is 0 Å². The van der Waals surface area contributed by atoms with Gasteiger partial charge in [0.15, 0.2) is 0 Å². The first-order valence-electron chi connectivity index (χ1n) is 13.5. The number of hydrogen-bond donors (Lipinski definition) is 2. The molecule has 0 aliphatic carbocycles. The maximum atomic E-state index is 12.8. The van der Waals surface area contributed by atoms with E-state index in [0.717, 1.165) is 17.4 Å². The Kier molecular flexibility index (Phi) is 11.0. The van der Waals surface area contributed by atoms with Gasteiger partial charge in [-0.05, 0) is 68.7 Å². The van der Waals surface area contributed by atoms with Gasteiger partial charge in [-0.25, -0.2) is 17.9 Å². The number of amides is 2. The van der Waals surface area contributed by atoms with Gasteiger partial charge in [-0.15, -0.1) is 0 Å². The Morgan fingerprint density at radius 1 is 0.952 bits per heavy atom. The number of rotatable bonds is 12. The average molecular weight is 599 g/mol. The number of carbonyl (C=O) groups excluding carboxylic acids is 2. The van der Waals surface area contributed by atoms with Gasteiger partial charge in [0.1, 0.15) is 23.7 Å². The highest BCUT2D eigenvalue weighted by atomic mass is 32.2. The summed E-state index contributed by atoms with van der Waals surface area (Å²) in [6.45, 7) is 7.80. The van der Waals surface area contributed by atoms with Crippen molar-refractivity contribution in [2.24, 2.45) is 0 Å². The fourth-order valence-electron chi connectivity index (χ4n) is 3.98. The second-order valence-corrected chi connectivity index (χ2v) is 12.3. The molecule has 0 radical (unpaired) electrons. The fourth-order valence-corrected chi connectivity index (χ4v) is 4.42. The van der Waals surface area contributed by atoms with Crippen LogP contribution >= 0.6 is 0 Å². The van der Waals surface area contributed by atoms with E-state index >= 15 is 0 Å². The molecular weight excluding hydrogens is 560 g/mol. The molecule has 0 aromatic heterocycles. The largest absolute Gasteiger partial charge is 0.493 e. The number of benzene rings is 3. The first kappa shape index (κ1) is 32.4. The zero-order chi connectivity index (χ0) is 30.9. The Morgan fingerprint density at radius 3 is 2.19 bits per heavy atom. The minimum Gasteiger partial charge on any atom is -0.493 e. The van der Waals surface area contributed by atoms with E-state index in [1.165, 1.54) is 11.0 Å². The van der Waals surface area contributed by atoms with Gasteiger partial charge in [0.05, 0.1) is 37.6 Å². The Bertz CT molecular complexity index is 1450. The van der Waals surface area contributed by atoms with Gasteiger partial charge in [-0.2, -0.15) is 0 Å². The van der Waals surface area contributed by atoms with E-state index in [1.807, 2.05) is 35.1 Å². The Morgan fingerprint density at radius 2 is 1.60 bits per heavy atom. The summed E-state index contributed by atoms with van der Waals surface area (Å²) >= 11 is 0. The third kappa shape index (κ3) is 10.1. The van der Waals surface area contributed by atoms with Crippen molar-refractivity contribution in [1.82, 2.24) is 9.62 Å². The molecule has 0 fully saturated rings. The number of hydrogen-bond acceptors (Lipinski definition) is 8. The summed E-state index contributed by atoms with van der Waals surface area (Å²) in [4.78, 5) is 26.7. The van der Waals surface area contributed by atoms with Crippen LogP contribution in [0.15, 0.2) is 72.8 Å². The van der Waals surface area contributed by atoms with E-state index in [1.54, 1.807) is 64.1 Å². The molecule has 3 aromatic carbocycles. The third-order valence-electron chi connectivity index (χ3n) is 5.85. The van der Waals surface area contributed by atoms with Crippen molar-refractivity contribution in [3.8, 4) is 22.6 Å². The molecule has 3 rings (SSSR count). The molecule has 1 atom stereocenters. The standard InChI is InChI=1S/C31H38N2O8S/c1-6-39-28-20-24(14-17-26(28)29(35)32-42(5,37)38)22-12-15-25(16-13-22)40-19-18-33(30(36)41-31(2,3)4)21-27(34)23-10-8-7-9-11-23/h7-17,20,27,34H,6,18-19,21H2,1-5H3,(H,32,35)/t27-/m0/s1. The summed E-state index contributed by atoms with van der Waals surface area (Å²) in [7, 11) is -3.73. The second-order valence-electron chi connectivity index (χ2n) is 10.6. The number of carbonyl (C=O) groups is 2. The molecular formula is C31H38N2O8S. The molecule has 0 unspecified atom stereocenters. The maximum absolute atomic E-state index is 12.8. The Hall–Kier alpha value is -4.09. The molecule has 0 spiro atoms. The first-order valence-corrected chi connectivity index (χ1v) is 15.4. The molecule has 2 N–H and O–H groups in total. The fraction of sp³-hybridized carbons (Fsp3) is 0.355. The monoisotopic (exact) mass is 598 g/mol. The van der Waals surface area contributed by atoms with Crippen LogP contribution in [0.5, 0.6) is 11.5 Å². The van der Waals surface area contributed by atoms with Crippen LogP contribution in [0.3, 0.4) is 0 Å². The molecule has 0 aliphatic heterocycles. The summed E-state index contributed by atoms with van der Waals surface area (Å²) < 4.78 is 42.0. The smallest absolute Gasteiger partial charge is 0.410 e. The number of nitrogens with one attached hydrogen (secondary N) is 1. The van der Waals surface area contributed by atoms with E-state index in [4.69, 9.17) is 14.2 Å².